The number of morpholine rings is 1. The normalized spacial score (nSPS) is 12.6. The molecule has 22 nitrogen and oxygen atoms in total. The third-order valence-corrected chi connectivity index (χ3v) is 13.2. The first-order valence-corrected chi connectivity index (χ1v) is 26.9. The lowest BCUT2D eigenvalue weighted by atomic mass is 10.1. The molecule has 0 aliphatic carbocycles. The Morgan fingerprint density at radius 2 is 1.15 bits per heavy atom. The number of aliphatic hydroxyl groups is 1. The molecule has 1 fully saturated rings. The van der Waals surface area contributed by atoms with Crippen molar-refractivity contribution in [3.63, 3.8) is 0 Å². The van der Waals surface area contributed by atoms with Gasteiger partial charge in [-0.15, -0.1) is 0 Å². The molecule has 85 heavy (non-hydrogen) atoms. The number of hydrogen-bond acceptors (Lipinski definition) is 16. The Kier molecular flexibility index (Phi) is 18.6. The van der Waals surface area contributed by atoms with Crippen molar-refractivity contribution in [3.05, 3.63) is 169 Å². The molecule has 0 atom stereocenters. The molecule has 10 aromatic rings. The molecule has 0 saturated carbocycles. The van der Waals surface area contributed by atoms with E-state index in [-0.39, 0.29) is 63.1 Å². The van der Waals surface area contributed by atoms with Gasteiger partial charge in [0, 0.05) is 84.0 Å². The standard InChI is InChI=1S/C30H31F2N7O4.C29H27F2N7O4/c1-3-11-38(13-14-40)18-20-6-4-7-21(15-20)42-22-8-9-26(43-30(31)32)23(16-22)27-25(19-37(2)36-27)35-29(41)24-17-34-39-12-5-10-33-28(24)39;1-36-18-24(34-28(39)23-16-33-38-9-3-8-32-27(23)38)26(35-36)22-15-21(6-7-25(22)42-29(30)31)41-20-5-2-4-19(14-20)17-37-10-12-40-13-11-37/h4-10,12,15-17,19,30,40H,3,11,13-14,18H2,1-2H3,(H,35,41);2-9,14-16,18,29H,10-13,17H2,1H3,(H,34,39). The number of aromatic nitrogens is 10. The van der Waals surface area contributed by atoms with E-state index >= 15 is 0 Å². The molecule has 0 radical (unpaired) electrons. The zero-order valence-electron chi connectivity index (χ0n) is 46.3. The van der Waals surface area contributed by atoms with E-state index in [1.165, 1.54) is 55.1 Å². The summed E-state index contributed by atoms with van der Waals surface area (Å²) in [4.78, 5) is 39.3. The summed E-state index contributed by atoms with van der Waals surface area (Å²) in [5.74, 6) is 0.619. The van der Waals surface area contributed by atoms with Gasteiger partial charge in [0.1, 0.15) is 57.0 Å². The Balaban J connectivity index is 0.000000189. The molecule has 1 aliphatic rings. The summed E-state index contributed by atoms with van der Waals surface area (Å²) in [5.41, 5.74) is 4.64. The van der Waals surface area contributed by atoms with Crippen molar-refractivity contribution >= 4 is 34.5 Å². The molecule has 7 heterocycles. The number of ether oxygens (including phenoxy) is 5. The van der Waals surface area contributed by atoms with Crippen LogP contribution >= 0.6 is 0 Å². The van der Waals surface area contributed by atoms with E-state index in [1.54, 1.807) is 81.6 Å². The Hall–Kier alpha value is -9.76. The van der Waals surface area contributed by atoms with E-state index in [0.717, 1.165) is 43.7 Å². The first-order valence-electron chi connectivity index (χ1n) is 26.9. The number of fused-ring (bicyclic) bond motifs is 2. The van der Waals surface area contributed by atoms with Crippen molar-refractivity contribution in [2.45, 2.75) is 39.7 Å². The zero-order chi connectivity index (χ0) is 59.4. The second-order valence-electron chi connectivity index (χ2n) is 19.4. The van der Waals surface area contributed by atoms with Gasteiger partial charge in [-0.1, -0.05) is 31.2 Å². The summed E-state index contributed by atoms with van der Waals surface area (Å²) < 4.78 is 86.7. The summed E-state index contributed by atoms with van der Waals surface area (Å²) in [6.07, 6.45) is 13.3. The van der Waals surface area contributed by atoms with Crippen LogP contribution in [0.5, 0.6) is 34.5 Å². The molecule has 26 heteroatoms. The molecule has 0 unspecified atom stereocenters. The summed E-state index contributed by atoms with van der Waals surface area (Å²) >= 11 is 0. The fraction of sp³-hybridized carbons (Fsp3) is 0.254. The SMILES string of the molecule is CCCN(CCO)Cc1cccc(Oc2ccc(OC(F)F)c(-c3nn(C)cc3NC(=O)c3cnn4cccnc34)c2)c1.Cn1cc(NC(=O)c2cnn3cccnc23)c(-c2cc(Oc3cccc(CN4CCOCC4)c3)ccc2OC(F)F)n1. The lowest BCUT2D eigenvalue weighted by Crippen LogP contribution is -2.35. The number of carbonyl (C=O) groups excluding carboxylic acids is 2. The van der Waals surface area contributed by atoms with E-state index in [2.05, 4.69) is 57.7 Å². The molecule has 3 N–H and O–H groups in total. The number of nitrogens with zero attached hydrogens (tertiary/aromatic N) is 12. The van der Waals surface area contributed by atoms with Gasteiger partial charge in [0.05, 0.1) is 54.7 Å². The molecular weight excluding hydrogens is 1110 g/mol. The van der Waals surface area contributed by atoms with Gasteiger partial charge in [-0.3, -0.25) is 28.8 Å². The fourth-order valence-electron chi connectivity index (χ4n) is 9.51. The van der Waals surface area contributed by atoms with E-state index in [0.29, 0.717) is 60.6 Å². The molecular formula is C59H58F4N14O8. The highest BCUT2D eigenvalue weighted by Gasteiger charge is 2.25. The van der Waals surface area contributed by atoms with Gasteiger partial charge in [0.2, 0.25) is 0 Å². The van der Waals surface area contributed by atoms with Gasteiger partial charge in [0.15, 0.2) is 11.3 Å². The van der Waals surface area contributed by atoms with E-state index < -0.39 is 25.0 Å². The van der Waals surface area contributed by atoms with Gasteiger partial charge < -0.3 is 39.4 Å². The Labute approximate surface area is 483 Å². The van der Waals surface area contributed by atoms with E-state index in [9.17, 15) is 32.3 Å². The van der Waals surface area contributed by atoms with Gasteiger partial charge in [-0.25, -0.2) is 19.0 Å². The summed E-state index contributed by atoms with van der Waals surface area (Å²) in [5, 5.41) is 32.2. The number of amides is 2. The number of hydrogen-bond donors (Lipinski definition) is 3. The van der Waals surface area contributed by atoms with Crippen LogP contribution in [0, 0.1) is 0 Å². The van der Waals surface area contributed by atoms with Crippen LogP contribution in [-0.2, 0) is 31.9 Å². The van der Waals surface area contributed by atoms with Gasteiger partial charge in [-0.05, 0) is 96.9 Å². The average molecular weight is 1170 g/mol. The minimum Gasteiger partial charge on any atom is -0.457 e. The Morgan fingerprint density at radius 3 is 1.65 bits per heavy atom. The maximum atomic E-state index is 13.4. The minimum atomic E-state index is -3.08. The number of nitrogens with one attached hydrogen (secondary N) is 2. The highest BCUT2D eigenvalue weighted by Crippen LogP contribution is 2.41. The smallest absolute Gasteiger partial charge is 0.387 e. The molecule has 1 aliphatic heterocycles. The average Bonchev–Trinajstić information content (AvgIpc) is 4.13. The molecule has 0 spiro atoms. The van der Waals surface area contributed by atoms with Crippen LogP contribution in [0.4, 0.5) is 28.9 Å². The summed E-state index contributed by atoms with van der Waals surface area (Å²) in [6, 6.07) is 27.5. The quantitative estimate of drug-likeness (QED) is 0.0537. The lowest BCUT2D eigenvalue weighted by molar-refractivity contribution is -0.0501. The van der Waals surface area contributed by atoms with Crippen molar-refractivity contribution in [2.75, 3.05) is 56.6 Å². The van der Waals surface area contributed by atoms with Crippen LogP contribution in [-0.4, -0.2) is 135 Å². The number of aliphatic hydroxyl groups excluding tert-OH is 1. The van der Waals surface area contributed by atoms with Crippen LogP contribution in [0.1, 0.15) is 45.2 Å². The van der Waals surface area contributed by atoms with E-state index in [4.69, 9.17) is 23.7 Å². The maximum Gasteiger partial charge on any atom is 0.387 e. The number of aryl methyl sites for hydroxylation is 2. The van der Waals surface area contributed by atoms with Gasteiger partial charge in [0.25, 0.3) is 11.8 Å². The van der Waals surface area contributed by atoms with Crippen molar-refractivity contribution in [1.82, 2.24) is 58.6 Å². The van der Waals surface area contributed by atoms with E-state index in [1.807, 2.05) is 42.5 Å². The van der Waals surface area contributed by atoms with Crippen molar-refractivity contribution in [1.29, 1.82) is 0 Å². The largest absolute Gasteiger partial charge is 0.457 e. The van der Waals surface area contributed by atoms with Gasteiger partial charge in [-0.2, -0.15) is 38.0 Å². The number of rotatable bonds is 22. The van der Waals surface area contributed by atoms with Crippen LogP contribution in [0.2, 0.25) is 0 Å². The first-order chi connectivity index (χ1) is 41.3. The third kappa shape index (κ3) is 14.7. The van der Waals surface area contributed by atoms with Crippen LogP contribution < -0.4 is 29.6 Å². The Bertz CT molecular complexity index is 3920. The van der Waals surface area contributed by atoms with Crippen molar-refractivity contribution in [3.8, 4) is 57.0 Å². The molecule has 0 bridgehead atoms. The number of anilines is 2. The second kappa shape index (κ2) is 27.1. The van der Waals surface area contributed by atoms with Crippen LogP contribution in [0.25, 0.3) is 33.8 Å². The molecule has 11 rings (SSSR count). The monoisotopic (exact) mass is 1170 g/mol. The zero-order valence-corrected chi connectivity index (χ0v) is 46.3. The molecule has 4 aromatic carbocycles. The molecule has 6 aromatic heterocycles. The predicted molar refractivity (Wildman–Crippen MR) is 304 cm³/mol. The Morgan fingerprint density at radius 1 is 0.659 bits per heavy atom. The number of alkyl halides is 4. The van der Waals surface area contributed by atoms with Crippen molar-refractivity contribution < 1.29 is 55.9 Å². The van der Waals surface area contributed by atoms with Gasteiger partial charge >= 0.3 is 13.2 Å². The van der Waals surface area contributed by atoms with Crippen LogP contribution in [0.3, 0.4) is 0 Å². The molecule has 2 amide bonds. The summed E-state index contributed by atoms with van der Waals surface area (Å²) in [6.45, 7) is 1.92. The molecule has 440 valence electrons. The number of halogens is 4. The number of carbonyl (C=O) groups is 2. The van der Waals surface area contributed by atoms with Crippen molar-refractivity contribution in [2.24, 2.45) is 14.1 Å². The maximum absolute atomic E-state index is 13.4. The second-order valence-corrected chi connectivity index (χ2v) is 19.4. The highest BCUT2D eigenvalue weighted by atomic mass is 19.3. The minimum absolute atomic E-state index is 0.0675. The van der Waals surface area contributed by atoms with Crippen LogP contribution in [0.15, 0.2) is 147 Å². The predicted octanol–water partition coefficient (Wildman–Crippen LogP) is 9.59. The highest BCUT2D eigenvalue weighted by molar-refractivity contribution is 6.10. The topological polar surface area (TPSA) is 227 Å². The first kappa shape index (κ1) is 58.4. The third-order valence-electron chi connectivity index (χ3n) is 13.2. The summed E-state index contributed by atoms with van der Waals surface area (Å²) in [7, 11) is 3.30. The lowest BCUT2D eigenvalue weighted by Gasteiger charge is -2.26. The molecule has 1 saturated heterocycles. The number of benzene rings is 4. The fourth-order valence-corrected chi connectivity index (χ4v) is 9.51.